The molecule has 0 saturated heterocycles. The number of hydrogen-bond donors (Lipinski definition) is 1. The Hall–Kier alpha value is -1.61. The van der Waals surface area contributed by atoms with Crippen molar-refractivity contribution >= 4 is 17.4 Å². The van der Waals surface area contributed by atoms with Crippen LogP contribution < -0.4 is 5.32 Å². The van der Waals surface area contributed by atoms with Gasteiger partial charge in [-0.05, 0) is 24.5 Å². The van der Waals surface area contributed by atoms with Crippen LogP contribution in [0.1, 0.15) is 23.6 Å². The monoisotopic (exact) mass is 261 g/mol. The second-order valence-corrected chi connectivity index (χ2v) is 4.47. The van der Waals surface area contributed by atoms with Crippen molar-refractivity contribution in [3.63, 3.8) is 0 Å². The average Bonchev–Trinajstić information content (AvgIpc) is 2.41. The summed E-state index contributed by atoms with van der Waals surface area (Å²) in [5.74, 6) is 0.793. The van der Waals surface area contributed by atoms with E-state index in [2.05, 4.69) is 46.5 Å². The molecule has 94 valence electrons. The smallest absolute Gasteiger partial charge is 0.137 e. The first kappa shape index (κ1) is 12.8. The Balaban J connectivity index is 2.14. The molecule has 0 atom stereocenters. The van der Waals surface area contributed by atoms with E-state index in [0.29, 0.717) is 5.15 Å². The first-order valence-corrected chi connectivity index (χ1v) is 6.38. The molecule has 0 fully saturated rings. The fourth-order valence-corrected chi connectivity index (χ4v) is 1.99. The Morgan fingerprint density at radius 1 is 1.17 bits per heavy atom. The van der Waals surface area contributed by atoms with E-state index in [9.17, 15) is 0 Å². The Labute approximate surface area is 112 Å². The van der Waals surface area contributed by atoms with Crippen LogP contribution in [0.4, 0.5) is 5.82 Å². The first-order chi connectivity index (χ1) is 8.72. The minimum absolute atomic E-state index is 0.497. The predicted molar refractivity (Wildman–Crippen MR) is 74.9 cm³/mol. The van der Waals surface area contributed by atoms with Crippen molar-refractivity contribution in [1.29, 1.82) is 0 Å². The summed E-state index contributed by atoms with van der Waals surface area (Å²) in [7, 11) is 0. The topological polar surface area (TPSA) is 37.8 Å². The highest BCUT2D eigenvalue weighted by Crippen LogP contribution is 2.19. The third kappa shape index (κ3) is 2.79. The molecule has 1 aromatic heterocycles. The van der Waals surface area contributed by atoms with Crippen LogP contribution in [0.25, 0.3) is 0 Å². The number of aryl methyl sites for hydroxylation is 1. The standard InChI is InChI=1S/C14H16ClN3/c1-3-11-6-4-5-7-12(11)8-16-14-10(2)13(15)17-9-18-14/h4-7,9H,3,8H2,1-2H3,(H,16,17,18). The molecule has 0 radical (unpaired) electrons. The molecular formula is C14H16ClN3. The van der Waals surface area contributed by atoms with Crippen LogP contribution in [0.2, 0.25) is 5.15 Å². The molecule has 0 saturated carbocycles. The molecule has 1 N–H and O–H groups in total. The molecule has 1 heterocycles. The molecule has 0 aliphatic carbocycles. The van der Waals surface area contributed by atoms with E-state index in [1.54, 1.807) is 0 Å². The zero-order chi connectivity index (χ0) is 13.0. The molecule has 2 rings (SSSR count). The Bertz CT molecular complexity index is 540. The van der Waals surface area contributed by atoms with Gasteiger partial charge < -0.3 is 5.32 Å². The number of anilines is 1. The van der Waals surface area contributed by atoms with Gasteiger partial charge in [-0.15, -0.1) is 0 Å². The highest BCUT2D eigenvalue weighted by molar-refractivity contribution is 6.30. The van der Waals surface area contributed by atoms with Crippen LogP contribution >= 0.6 is 11.6 Å². The lowest BCUT2D eigenvalue weighted by molar-refractivity contribution is 1.02. The van der Waals surface area contributed by atoms with Gasteiger partial charge in [0.05, 0.1) is 0 Å². The Kier molecular flexibility index (Phi) is 4.15. The second kappa shape index (κ2) is 5.83. The number of nitrogens with one attached hydrogen (secondary N) is 1. The van der Waals surface area contributed by atoms with Crippen LogP contribution in [0.5, 0.6) is 0 Å². The summed E-state index contributed by atoms with van der Waals surface area (Å²) in [5, 5.41) is 3.81. The average molecular weight is 262 g/mol. The van der Waals surface area contributed by atoms with Crippen LogP contribution in [-0.2, 0) is 13.0 Å². The molecule has 3 nitrogen and oxygen atoms in total. The second-order valence-electron chi connectivity index (χ2n) is 4.11. The van der Waals surface area contributed by atoms with Crippen molar-refractivity contribution < 1.29 is 0 Å². The lowest BCUT2D eigenvalue weighted by Crippen LogP contribution is -2.06. The minimum atomic E-state index is 0.497. The lowest BCUT2D eigenvalue weighted by Gasteiger charge is -2.11. The van der Waals surface area contributed by atoms with Crippen LogP contribution in [0.3, 0.4) is 0 Å². The van der Waals surface area contributed by atoms with Gasteiger partial charge in [-0.1, -0.05) is 42.8 Å². The van der Waals surface area contributed by atoms with E-state index in [1.807, 2.05) is 6.92 Å². The molecule has 18 heavy (non-hydrogen) atoms. The molecule has 2 aromatic rings. The zero-order valence-electron chi connectivity index (χ0n) is 10.6. The van der Waals surface area contributed by atoms with Gasteiger partial charge in [-0.3, -0.25) is 0 Å². The lowest BCUT2D eigenvalue weighted by atomic mass is 10.1. The van der Waals surface area contributed by atoms with Crippen molar-refractivity contribution in [2.75, 3.05) is 5.32 Å². The minimum Gasteiger partial charge on any atom is -0.366 e. The molecular weight excluding hydrogens is 246 g/mol. The fraction of sp³-hybridized carbons (Fsp3) is 0.286. The van der Waals surface area contributed by atoms with Gasteiger partial charge in [0, 0.05) is 12.1 Å². The van der Waals surface area contributed by atoms with E-state index in [-0.39, 0.29) is 0 Å². The molecule has 0 bridgehead atoms. The maximum atomic E-state index is 5.96. The third-order valence-electron chi connectivity index (χ3n) is 2.97. The molecule has 0 amide bonds. The summed E-state index contributed by atoms with van der Waals surface area (Å²) in [6.07, 6.45) is 2.50. The van der Waals surface area contributed by atoms with E-state index >= 15 is 0 Å². The molecule has 0 unspecified atom stereocenters. The number of halogens is 1. The van der Waals surface area contributed by atoms with Gasteiger partial charge in [0.1, 0.15) is 17.3 Å². The van der Waals surface area contributed by atoms with Gasteiger partial charge in [-0.25, -0.2) is 9.97 Å². The van der Waals surface area contributed by atoms with Crippen LogP contribution in [0.15, 0.2) is 30.6 Å². The molecule has 0 aliphatic heterocycles. The van der Waals surface area contributed by atoms with Gasteiger partial charge in [0.25, 0.3) is 0 Å². The maximum Gasteiger partial charge on any atom is 0.137 e. The third-order valence-corrected chi connectivity index (χ3v) is 3.35. The molecule has 0 spiro atoms. The Morgan fingerprint density at radius 3 is 2.61 bits per heavy atom. The normalized spacial score (nSPS) is 10.4. The Morgan fingerprint density at radius 2 is 1.89 bits per heavy atom. The summed E-state index contributed by atoms with van der Waals surface area (Å²) in [6, 6.07) is 8.39. The highest BCUT2D eigenvalue weighted by atomic mass is 35.5. The number of rotatable bonds is 4. The number of hydrogen-bond acceptors (Lipinski definition) is 3. The van der Waals surface area contributed by atoms with Gasteiger partial charge in [0.2, 0.25) is 0 Å². The molecule has 4 heteroatoms. The van der Waals surface area contributed by atoms with E-state index in [4.69, 9.17) is 11.6 Å². The maximum absolute atomic E-state index is 5.96. The van der Waals surface area contributed by atoms with Crippen LogP contribution in [0, 0.1) is 6.92 Å². The predicted octanol–water partition coefficient (Wildman–Crippen LogP) is 3.61. The molecule has 1 aromatic carbocycles. The summed E-state index contributed by atoms with van der Waals surface area (Å²) >= 11 is 5.96. The summed E-state index contributed by atoms with van der Waals surface area (Å²) in [5.41, 5.74) is 3.52. The highest BCUT2D eigenvalue weighted by Gasteiger charge is 2.05. The largest absolute Gasteiger partial charge is 0.366 e. The first-order valence-electron chi connectivity index (χ1n) is 6.00. The van der Waals surface area contributed by atoms with Crippen molar-refractivity contribution in [2.45, 2.75) is 26.8 Å². The van der Waals surface area contributed by atoms with Gasteiger partial charge in [0.15, 0.2) is 0 Å². The van der Waals surface area contributed by atoms with Crippen molar-refractivity contribution in [1.82, 2.24) is 9.97 Å². The number of benzene rings is 1. The zero-order valence-corrected chi connectivity index (χ0v) is 11.3. The van der Waals surface area contributed by atoms with Crippen molar-refractivity contribution in [2.24, 2.45) is 0 Å². The van der Waals surface area contributed by atoms with Crippen molar-refractivity contribution in [3.05, 3.63) is 52.4 Å². The van der Waals surface area contributed by atoms with Crippen LogP contribution in [-0.4, -0.2) is 9.97 Å². The van der Waals surface area contributed by atoms with E-state index < -0.39 is 0 Å². The molecule has 0 aliphatic rings. The van der Waals surface area contributed by atoms with Gasteiger partial charge >= 0.3 is 0 Å². The summed E-state index contributed by atoms with van der Waals surface area (Å²) < 4.78 is 0. The summed E-state index contributed by atoms with van der Waals surface area (Å²) in [4.78, 5) is 8.15. The number of nitrogens with zero attached hydrogens (tertiary/aromatic N) is 2. The summed E-state index contributed by atoms with van der Waals surface area (Å²) in [6.45, 7) is 4.82. The van der Waals surface area contributed by atoms with Crippen molar-refractivity contribution in [3.8, 4) is 0 Å². The van der Waals surface area contributed by atoms with E-state index in [0.717, 1.165) is 24.3 Å². The quantitative estimate of drug-likeness (QED) is 0.855. The van der Waals surface area contributed by atoms with Gasteiger partial charge in [-0.2, -0.15) is 0 Å². The van der Waals surface area contributed by atoms with E-state index in [1.165, 1.54) is 17.5 Å². The number of aromatic nitrogens is 2. The SMILES string of the molecule is CCc1ccccc1CNc1ncnc(Cl)c1C. The fourth-order valence-electron chi connectivity index (χ4n) is 1.86.